The molecule has 3 N–H and O–H groups in total. The third-order valence-electron chi connectivity index (χ3n) is 3.99. The van der Waals surface area contributed by atoms with Gasteiger partial charge in [0.15, 0.2) is 0 Å². The maximum Gasteiger partial charge on any atom is 0.354 e. The van der Waals surface area contributed by atoms with Crippen LogP contribution in [0.3, 0.4) is 0 Å². The Morgan fingerprint density at radius 3 is 2.38 bits per heavy atom. The molecule has 9 nitrogen and oxygen atoms in total. The molecule has 1 amide bonds. The SMILES string of the molecule is Cc1ccc(CNc2ncnc(NNC(=O)c3ccc(Cl)cc3)c2[N+](=O)[O-])cc1. The molecule has 3 aromatic rings. The van der Waals surface area contributed by atoms with Gasteiger partial charge in [0.2, 0.25) is 11.6 Å². The van der Waals surface area contributed by atoms with Gasteiger partial charge >= 0.3 is 5.69 Å². The number of amides is 1. The Labute approximate surface area is 171 Å². The predicted molar refractivity (Wildman–Crippen MR) is 110 cm³/mol. The van der Waals surface area contributed by atoms with E-state index in [9.17, 15) is 14.9 Å². The Balaban J connectivity index is 1.73. The van der Waals surface area contributed by atoms with Crippen LogP contribution in [0.1, 0.15) is 21.5 Å². The van der Waals surface area contributed by atoms with E-state index >= 15 is 0 Å². The average molecular weight is 413 g/mol. The lowest BCUT2D eigenvalue weighted by atomic mass is 10.1. The molecule has 0 saturated carbocycles. The zero-order valence-corrected chi connectivity index (χ0v) is 16.1. The Kier molecular flexibility index (Phi) is 6.20. The van der Waals surface area contributed by atoms with Crippen molar-refractivity contribution in [2.45, 2.75) is 13.5 Å². The number of carbonyl (C=O) groups excluding carboxylic acids is 1. The summed E-state index contributed by atoms with van der Waals surface area (Å²) >= 11 is 5.80. The van der Waals surface area contributed by atoms with Crippen molar-refractivity contribution in [1.82, 2.24) is 15.4 Å². The molecule has 0 bridgehead atoms. The first-order valence-electron chi connectivity index (χ1n) is 8.55. The van der Waals surface area contributed by atoms with Crippen LogP contribution in [-0.4, -0.2) is 20.8 Å². The van der Waals surface area contributed by atoms with Crippen molar-refractivity contribution in [1.29, 1.82) is 0 Å². The summed E-state index contributed by atoms with van der Waals surface area (Å²) in [5, 5.41) is 15.0. The molecule has 1 heterocycles. The fourth-order valence-corrected chi connectivity index (χ4v) is 2.58. The molecule has 0 saturated heterocycles. The number of nitrogens with zero attached hydrogens (tertiary/aromatic N) is 3. The molecule has 148 valence electrons. The monoisotopic (exact) mass is 412 g/mol. The zero-order chi connectivity index (χ0) is 20.8. The van der Waals surface area contributed by atoms with Crippen LogP contribution >= 0.6 is 11.6 Å². The number of nitrogens with one attached hydrogen (secondary N) is 3. The second kappa shape index (κ2) is 8.98. The maximum atomic E-state index is 12.2. The van der Waals surface area contributed by atoms with Crippen molar-refractivity contribution in [3.05, 3.63) is 86.7 Å². The fraction of sp³-hybridized carbons (Fsp3) is 0.105. The van der Waals surface area contributed by atoms with Crippen molar-refractivity contribution >= 4 is 34.8 Å². The summed E-state index contributed by atoms with van der Waals surface area (Å²) < 4.78 is 0. The smallest absolute Gasteiger partial charge is 0.354 e. The average Bonchev–Trinajstić information content (AvgIpc) is 2.72. The normalized spacial score (nSPS) is 10.3. The highest BCUT2D eigenvalue weighted by Crippen LogP contribution is 2.28. The lowest BCUT2D eigenvalue weighted by Crippen LogP contribution is -2.30. The van der Waals surface area contributed by atoms with E-state index in [-0.39, 0.29) is 17.3 Å². The summed E-state index contributed by atoms with van der Waals surface area (Å²) in [5.41, 5.74) is 6.88. The summed E-state index contributed by atoms with van der Waals surface area (Å²) in [4.78, 5) is 31.0. The van der Waals surface area contributed by atoms with E-state index < -0.39 is 10.8 Å². The summed E-state index contributed by atoms with van der Waals surface area (Å²) in [6.45, 7) is 2.32. The molecule has 1 aromatic heterocycles. The fourth-order valence-electron chi connectivity index (χ4n) is 2.45. The first-order valence-corrected chi connectivity index (χ1v) is 8.92. The van der Waals surface area contributed by atoms with Gasteiger partial charge in [0.05, 0.1) is 4.92 Å². The first-order chi connectivity index (χ1) is 13.9. The Hall–Kier alpha value is -3.72. The largest absolute Gasteiger partial charge is 0.360 e. The van der Waals surface area contributed by atoms with E-state index in [4.69, 9.17) is 11.6 Å². The van der Waals surface area contributed by atoms with Gasteiger partial charge in [-0.2, -0.15) is 0 Å². The minimum atomic E-state index is -0.617. The minimum absolute atomic E-state index is 0.0359. The summed E-state index contributed by atoms with van der Waals surface area (Å²) in [5.74, 6) is -0.601. The topological polar surface area (TPSA) is 122 Å². The lowest BCUT2D eigenvalue weighted by Gasteiger charge is -2.11. The number of hydrazine groups is 1. The van der Waals surface area contributed by atoms with Gasteiger partial charge < -0.3 is 5.32 Å². The molecule has 0 aliphatic carbocycles. The number of aryl methyl sites for hydroxylation is 1. The lowest BCUT2D eigenvalue weighted by molar-refractivity contribution is -0.383. The molecule has 0 radical (unpaired) electrons. The van der Waals surface area contributed by atoms with Crippen LogP contribution in [0.25, 0.3) is 0 Å². The van der Waals surface area contributed by atoms with Crippen molar-refractivity contribution in [3.8, 4) is 0 Å². The Morgan fingerprint density at radius 2 is 1.72 bits per heavy atom. The van der Waals surface area contributed by atoms with Crippen LogP contribution in [0.15, 0.2) is 54.9 Å². The van der Waals surface area contributed by atoms with E-state index in [0.29, 0.717) is 17.1 Å². The van der Waals surface area contributed by atoms with Gasteiger partial charge in [-0.25, -0.2) is 9.97 Å². The summed E-state index contributed by atoms with van der Waals surface area (Å²) in [6.07, 6.45) is 1.17. The molecule has 0 aliphatic heterocycles. The quantitative estimate of drug-likeness (QED) is 0.399. The van der Waals surface area contributed by atoms with Gasteiger partial charge in [-0.3, -0.25) is 25.8 Å². The second-order valence-corrected chi connectivity index (χ2v) is 6.54. The standard InChI is InChI=1S/C19H17ClN6O3/c1-12-2-4-13(5-3-12)10-21-17-16(26(28)29)18(23-11-22-17)24-25-19(27)14-6-8-15(20)9-7-14/h2-9,11H,10H2,1H3,(H,25,27)(H2,21,22,23,24). The second-order valence-electron chi connectivity index (χ2n) is 6.10. The van der Waals surface area contributed by atoms with Gasteiger partial charge in [0, 0.05) is 17.1 Å². The summed E-state index contributed by atoms with van der Waals surface area (Å²) in [6, 6.07) is 13.9. The zero-order valence-electron chi connectivity index (χ0n) is 15.3. The molecule has 0 unspecified atom stereocenters. The molecule has 0 spiro atoms. The van der Waals surface area contributed by atoms with Crippen molar-refractivity contribution in [2.75, 3.05) is 10.7 Å². The predicted octanol–water partition coefficient (Wildman–Crippen LogP) is 3.72. The summed E-state index contributed by atoms with van der Waals surface area (Å²) in [7, 11) is 0. The van der Waals surface area contributed by atoms with Crippen LogP contribution in [0.4, 0.5) is 17.3 Å². The molecule has 0 fully saturated rings. The number of benzene rings is 2. The van der Waals surface area contributed by atoms with Crippen LogP contribution < -0.4 is 16.2 Å². The van der Waals surface area contributed by atoms with Gasteiger partial charge in [-0.15, -0.1) is 0 Å². The molecule has 0 atom stereocenters. The Morgan fingerprint density at radius 1 is 1.07 bits per heavy atom. The number of rotatable bonds is 7. The van der Waals surface area contributed by atoms with Crippen LogP contribution in [0, 0.1) is 17.0 Å². The van der Waals surface area contributed by atoms with Crippen molar-refractivity contribution < 1.29 is 9.72 Å². The molecule has 3 rings (SSSR count). The molecular weight excluding hydrogens is 396 g/mol. The molecular formula is C19H17ClN6O3. The maximum absolute atomic E-state index is 12.2. The number of halogens is 1. The van der Waals surface area contributed by atoms with E-state index in [1.54, 1.807) is 12.1 Å². The van der Waals surface area contributed by atoms with Crippen LogP contribution in [0.2, 0.25) is 5.02 Å². The highest BCUT2D eigenvalue weighted by Gasteiger charge is 2.23. The van der Waals surface area contributed by atoms with E-state index in [2.05, 4.69) is 26.1 Å². The van der Waals surface area contributed by atoms with Crippen LogP contribution in [0.5, 0.6) is 0 Å². The van der Waals surface area contributed by atoms with E-state index in [0.717, 1.165) is 11.1 Å². The van der Waals surface area contributed by atoms with Gasteiger partial charge in [-0.1, -0.05) is 41.4 Å². The van der Waals surface area contributed by atoms with E-state index in [1.807, 2.05) is 31.2 Å². The molecule has 2 aromatic carbocycles. The molecule has 29 heavy (non-hydrogen) atoms. The number of carbonyl (C=O) groups is 1. The number of aromatic nitrogens is 2. The van der Waals surface area contributed by atoms with E-state index in [1.165, 1.54) is 18.5 Å². The number of nitro groups is 1. The number of anilines is 2. The molecule has 0 aliphatic rings. The highest BCUT2D eigenvalue weighted by atomic mass is 35.5. The highest BCUT2D eigenvalue weighted by molar-refractivity contribution is 6.30. The third kappa shape index (κ3) is 5.17. The Bertz CT molecular complexity index is 1030. The number of hydrogen-bond acceptors (Lipinski definition) is 7. The minimum Gasteiger partial charge on any atom is -0.360 e. The van der Waals surface area contributed by atoms with Crippen LogP contribution in [-0.2, 0) is 6.54 Å². The molecule has 10 heteroatoms. The van der Waals surface area contributed by atoms with Gasteiger partial charge in [0.1, 0.15) is 6.33 Å². The van der Waals surface area contributed by atoms with Gasteiger partial charge in [0.25, 0.3) is 5.91 Å². The van der Waals surface area contributed by atoms with Crippen molar-refractivity contribution in [3.63, 3.8) is 0 Å². The first kappa shape index (κ1) is 20.0. The van der Waals surface area contributed by atoms with Crippen molar-refractivity contribution in [2.24, 2.45) is 0 Å². The van der Waals surface area contributed by atoms with Gasteiger partial charge in [-0.05, 0) is 36.8 Å². The number of hydrogen-bond donors (Lipinski definition) is 3. The third-order valence-corrected chi connectivity index (χ3v) is 4.24.